The van der Waals surface area contributed by atoms with Gasteiger partial charge < -0.3 is 10.4 Å². The van der Waals surface area contributed by atoms with Gasteiger partial charge in [0.2, 0.25) is 0 Å². The summed E-state index contributed by atoms with van der Waals surface area (Å²) in [5.41, 5.74) is 2.23. The topological polar surface area (TPSA) is 49.3 Å². The summed E-state index contributed by atoms with van der Waals surface area (Å²) >= 11 is 0. The molecule has 2 rings (SSSR count). The van der Waals surface area contributed by atoms with Gasteiger partial charge in [0.05, 0.1) is 5.56 Å². The van der Waals surface area contributed by atoms with Crippen LogP contribution in [-0.2, 0) is 0 Å². The SMILES string of the molecule is CCNC(=O)c1cc(-c2ccccc2)ccc1O. The number of amides is 1. The van der Waals surface area contributed by atoms with E-state index in [9.17, 15) is 9.90 Å². The monoisotopic (exact) mass is 241 g/mol. The second-order valence-corrected chi connectivity index (χ2v) is 3.96. The Morgan fingerprint density at radius 2 is 1.83 bits per heavy atom. The van der Waals surface area contributed by atoms with E-state index in [0.717, 1.165) is 11.1 Å². The van der Waals surface area contributed by atoms with Gasteiger partial charge in [-0.3, -0.25) is 4.79 Å². The average Bonchev–Trinajstić information content (AvgIpc) is 2.40. The minimum absolute atomic E-state index is 0.000584. The normalized spacial score (nSPS) is 10.1. The highest BCUT2D eigenvalue weighted by atomic mass is 16.3. The van der Waals surface area contributed by atoms with E-state index in [4.69, 9.17) is 0 Å². The van der Waals surface area contributed by atoms with Gasteiger partial charge in [-0.2, -0.15) is 0 Å². The van der Waals surface area contributed by atoms with E-state index in [1.165, 1.54) is 0 Å². The summed E-state index contributed by atoms with van der Waals surface area (Å²) in [7, 11) is 0. The standard InChI is InChI=1S/C15H15NO2/c1-2-16-15(18)13-10-12(8-9-14(13)17)11-6-4-3-5-7-11/h3-10,17H,2H2,1H3,(H,16,18). The zero-order valence-electron chi connectivity index (χ0n) is 10.2. The number of nitrogens with one attached hydrogen (secondary N) is 1. The zero-order valence-corrected chi connectivity index (χ0v) is 10.2. The van der Waals surface area contributed by atoms with Crippen LogP contribution in [0.1, 0.15) is 17.3 Å². The molecule has 0 spiro atoms. The maximum Gasteiger partial charge on any atom is 0.255 e. The summed E-state index contributed by atoms with van der Waals surface area (Å²) in [6.45, 7) is 2.38. The van der Waals surface area contributed by atoms with Gasteiger partial charge in [-0.25, -0.2) is 0 Å². The molecule has 18 heavy (non-hydrogen) atoms. The maximum absolute atomic E-state index is 11.8. The summed E-state index contributed by atoms with van der Waals surface area (Å²) in [5, 5.41) is 12.4. The molecule has 92 valence electrons. The van der Waals surface area contributed by atoms with Crippen LogP contribution in [0.4, 0.5) is 0 Å². The Labute approximate surface area is 106 Å². The van der Waals surface area contributed by atoms with Crippen LogP contribution in [0.5, 0.6) is 5.75 Å². The number of phenols is 1. The molecule has 3 heteroatoms. The van der Waals surface area contributed by atoms with Gasteiger partial charge in [-0.05, 0) is 30.2 Å². The fraction of sp³-hybridized carbons (Fsp3) is 0.133. The largest absolute Gasteiger partial charge is 0.507 e. The van der Waals surface area contributed by atoms with Crippen molar-refractivity contribution >= 4 is 5.91 Å². The molecule has 0 aliphatic heterocycles. The van der Waals surface area contributed by atoms with Gasteiger partial charge in [0.25, 0.3) is 5.91 Å². The third-order valence-corrected chi connectivity index (χ3v) is 2.69. The molecule has 0 atom stereocenters. The van der Waals surface area contributed by atoms with Crippen LogP contribution in [0, 0.1) is 0 Å². The van der Waals surface area contributed by atoms with Crippen molar-refractivity contribution in [2.45, 2.75) is 6.92 Å². The van der Waals surface area contributed by atoms with Gasteiger partial charge >= 0.3 is 0 Å². The number of aromatic hydroxyl groups is 1. The number of benzene rings is 2. The number of carbonyl (C=O) groups is 1. The van der Waals surface area contributed by atoms with Crippen molar-refractivity contribution in [3.63, 3.8) is 0 Å². The molecule has 0 fully saturated rings. The lowest BCUT2D eigenvalue weighted by Gasteiger charge is -2.08. The van der Waals surface area contributed by atoms with Crippen molar-refractivity contribution in [3.05, 3.63) is 54.1 Å². The Morgan fingerprint density at radius 3 is 2.50 bits per heavy atom. The molecular weight excluding hydrogens is 226 g/mol. The quantitative estimate of drug-likeness (QED) is 0.868. The summed E-state index contributed by atoms with van der Waals surface area (Å²) in [6.07, 6.45) is 0. The molecule has 0 unspecified atom stereocenters. The Bertz CT molecular complexity index is 550. The molecule has 0 saturated heterocycles. The van der Waals surface area contributed by atoms with E-state index in [-0.39, 0.29) is 11.7 Å². The van der Waals surface area contributed by atoms with E-state index in [1.807, 2.05) is 37.3 Å². The van der Waals surface area contributed by atoms with Crippen LogP contribution < -0.4 is 5.32 Å². The molecule has 0 aliphatic rings. The molecule has 0 radical (unpaired) electrons. The van der Waals surface area contributed by atoms with Crippen LogP contribution in [0.25, 0.3) is 11.1 Å². The number of carbonyl (C=O) groups excluding carboxylic acids is 1. The van der Waals surface area contributed by atoms with Crippen molar-refractivity contribution in [1.82, 2.24) is 5.32 Å². The lowest BCUT2D eigenvalue weighted by Crippen LogP contribution is -2.22. The highest BCUT2D eigenvalue weighted by Gasteiger charge is 2.11. The first-order valence-electron chi connectivity index (χ1n) is 5.89. The van der Waals surface area contributed by atoms with E-state index in [0.29, 0.717) is 12.1 Å². The molecule has 0 saturated carbocycles. The Kier molecular flexibility index (Phi) is 3.63. The Hall–Kier alpha value is -2.29. The van der Waals surface area contributed by atoms with Crippen LogP contribution >= 0.6 is 0 Å². The third-order valence-electron chi connectivity index (χ3n) is 2.69. The minimum atomic E-state index is -0.257. The lowest BCUT2D eigenvalue weighted by molar-refractivity contribution is 0.0953. The first kappa shape index (κ1) is 12.2. The Balaban J connectivity index is 2.41. The molecule has 2 aromatic rings. The zero-order chi connectivity index (χ0) is 13.0. The fourth-order valence-electron chi connectivity index (χ4n) is 1.78. The third kappa shape index (κ3) is 2.51. The predicted octanol–water partition coefficient (Wildman–Crippen LogP) is 2.81. The van der Waals surface area contributed by atoms with Gasteiger partial charge in [-0.15, -0.1) is 0 Å². The van der Waals surface area contributed by atoms with Crippen molar-refractivity contribution in [1.29, 1.82) is 0 Å². The molecule has 2 aromatic carbocycles. The number of phenolic OH excluding ortho intramolecular Hbond substituents is 1. The highest BCUT2D eigenvalue weighted by Crippen LogP contribution is 2.25. The van der Waals surface area contributed by atoms with E-state index in [1.54, 1.807) is 18.2 Å². The molecule has 3 nitrogen and oxygen atoms in total. The van der Waals surface area contributed by atoms with E-state index in [2.05, 4.69) is 5.32 Å². The van der Waals surface area contributed by atoms with Crippen LogP contribution in [0.15, 0.2) is 48.5 Å². The van der Waals surface area contributed by atoms with Crippen LogP contribution in [0.3, 0.4) is 0 Å². The number of hydrogen-bond donors (Lipinski definition) is 2. The molecule has 0 aromatic heterocycles. The van der Waals surface area contributed by atoms with Crippen LogP contribution in [0.2, 0.25) is 0 Å². The number of rotatable bonds is 3. The Morgan fingerprint density at radius 1 is 1.11 bits per heavy atom. The second-order valence-electron chi connectivity index (χ2n) is 3.96. The molecule has 1 amide bonds. The van der Waals surface area contributed by atoms with E-state index < -0.39 is 0 Å². The van der Waals surface area contributed by atoms with Crippen molar-refractivity contribution < 1.29 is 9.90 Å². The lowest BCUT2D eigenvalue weighted by atomic mass is 10.0. The summed E-state index contributed by atoms with van der Waals surface area (Å²) in [4.78, 5) is 11.8. The maximum atomic E-state index is 11.8. The fourth-order valence-corrected chi connectivity index (χ4v) is 1.78. The van der Waals surface area contributed by atoms with Crippen molar-refractivity contribution in [2.75, 3.05) is 6.54 Å². The van der Waals surface area contributed by atoms with Gasteiger partial charge in [0.1, 0.15) is 5.75 Å². The summed E-state index contributed by atoms with van der Waals surface area (Å²) in [5.74, 6) is -0.256. The first-order valence-corrected chi connectivity index (χ1v) is 5.89. The van der Waals surface area contributed by atoms with E-state index >= 15 is 0 Å². The predicted molar refractivity (Wildman–Crippen MR) is 71.6 cm³/mol. The molecular formula is C15H15NO2. The van der Waals surface area contributed by atoms with Gasteiger partial charge in [0.15, 0.2) is 0 Å². The van der Waals surface area contributed by atoms with Crippen molar-refractivity contribution in [2.24, 2.45) is 0 Å². The molecule has 0 bridgehead atoms. The first-order chi connectivity index (χ1) is 8.72. The second kappa shape index (κ2) is 5.36. The highest BCUT2D eigenvalue weighted by molar-refractivity contribution is 5.98. The average molecular weight is 241 g/mol. The number of hydrogen-bond acceptors (Lipinski definition) is 2. The van der Waals surface area contributed by atoms with Gasteiger partial charge in [0, 0.05) is 6.54 Å². The summed E-state index contributed by atoms with van der Waals surface area (Å²) < 4.78 is 0. The van der Waals surface area contributed by atoms with Gasteiger partial charge in [-0.1, -0.05) is 36.4 Å². The molecule has 0 aliphatic carbocycles. The minimum Gasteiger partial charge on any atom is -0.507 e. The molecule has 2 N–H and O–H groups in total. The molecule has 0 heterocycles. The van der Waals surface area contributed by atoms with Crippen LogP contribution in [-0.4, -0.2) is 17.6 Å². The smallest absolute Gasteiger partial charge is 0.255 e. The summed E-state index contributed by atoms with van der Waals surface area (Å²) in [6, 6.07) is 14.8. The van der Waals surface area contributed by atoms with Crippen molar-refractivity contribution in [3.8, 4) is 16.9 Å².